The summed E-state index contributed by atoms with van der Waals surface area (Å²) in [6.07, 6.45) is 1.03. The van der Waals surface area contributed by atoms with E-state index < -0.39 is 0 Å². The molecule has 1 heterocycles. The molecule has 3 rings (SSSR count). The smallest absolute Gasteiger partial charge is 0.248 e. The Morgan fingerprint density at radius 2 is 1.35 bits per heavy atom. The van der Waals surface area contributed by atoms with Gasteiger partial charge in [-0.3, -0.25) is 0 Å². The molecule has 0 aliphatic carbocycles. The van der Waals surface area contributed by atoms with Crippen molar-refractivity contribution in [3.05, 3.63) is 57.7 Å². The molecule has 0 radical (unpaired) electrons. The number of halogens is 1. The van der Waals surface area contributed by atoms with Gasteiger partial charge in [-0.25, -0.2) is 0 Å². The van der Waals surface area contributed by atoms with E-state index >= 15 is 0 Å². The van der Waals surface area contributed by atoms with Crippen LogP contribution in [-0.4, -0.2) is 10.2 Å². The molecule has 0 saturated carbocycles. The Hall–Kier alpha value is -1.69. The maximum Gasteiger partial charge on any atom is 0.248 e. The predicted molar refractivity (Wildman–Crippen MR) is 87.3 cm³/mol. The highest BCUT2D eigenvalue weighted by Gasteiger charge is 2.10. The van der Waals surface area contributed by atoms with Crippen LogP contribution in [0.15, 0.2) is 52.9 Å². The van der Waals surface area contributed by atoms with Crippen molar-refractivity contribution < 1.29 is 4.42 Å². The van der Waals surface area contributed by atoms with Gasteiger partial charge in [0.25, 0.3) is 0 Å². The normalized spacial score (nSPS) is 10.7. The summed E-state index contributed by atoms with van der Waals surface area (Å²) in [7, 11) is 0. The lowest BCUT2D eigenvalue weighted by atomic mass is 10.1. The second kappa shape index (κ2) is 5.75. The zero-order chi connectivity index (χ0) is 13.9. The number of aromatic nitrogens is 2. The Morgan fingerprint density at radius 3 is 1.85 bits per heavy atom. The van der Waals surface area contributed by atoms with Gasteiger partial charge < -0.3 is 4.42 Å². The molecule has 1 aromatic heterocycles. The molecule has 0 saturated heterocycles. The van der Waals surface area contributed by atoms with Crippen molar-refractivity contribution in [2.75, 3.05) is 0 Å². The monoisotopic (exact) mass is 376 g/mol. The minimum atomic E-state index is 0.552. The summed E-state index contributed by atoms with van der Waals surface area (Å²) in [5, 5.41) is 8.24. The molecule has 0 unspecified atom stereocenters. The zero-order valence-corrected chi connectivity index (χ0v) is 13.2. The lowest BCUT2D eigenvalue weighted by Crippen LogP contribution is -1.81. The van der Waals surface area contributed by atoms with Crippen LogP contribution < -0.4 is 0 Å². The van der Waals surface area contributed by atoms with Crippen LogP contribution in [0.5, 0.6) is 0 Å². The van der Waals surface area contributed by atoms with Crippen molar-refractivity contribution in [1.82, 2.24) is 10.2 Å². The standard InChI is InChI=1S/C16H13IN2O/c1-2-11-3-5-12(6-4-11)15-18-19-16(20-15)13-7-9-14(17)10-8-13/h3-10H,2H2,1H3. The van der Waals surface area contributed by atoms with Gasteiger partial charge >= 0.3 is 0 Å². The van der Waals surface area contributed by atoms with E-state index in [1.54, 1.807) is 0 Å². The molecule has 0 aliphatic rings. The summed E-state index contributed by atoms with van der Waals surface area (Å²) >= 11 is 2.27. The van der Waals surface area contributed by atoms with Crippen LogP contribution in [-0.2, 0) is 6.42 Å². The van der Waals surface area contributed by atoms with Crippen LogP contribution in [0.1, 0.15) is 12.5 Å². The maximum absolute atomic E-state index is 5.74. The number of aryl methyl sites for hydroxylation is 1. The minimum absolute atomic E-state index is 0.552. The molecular formula is C16H13IN2O. The molecule has 0 atom stereocenters. The third-order valence-corrected chi connectivity index (χ3v) is 3.84. The predicted octanol–water partition coefficient (Wildman–Crippen LogP) is 4.57. The SMILES string of the molecule is CCc1ccc(-c2nnc(-c3ccc(I)cc3)o2)cc1. The molecule has 0 spiro atoms. The molecule has 0 bridgehead atoms. The second-order valence-electron chi connectivity index (χ2n) is 4.47. The van der Waals surface area contributed by atoms with Crippen LogP contribution in [0.2, 0.25) is 0 Å². The van der Waals surface area contributed by atoms with E-state index in [1.165, 1.54) is 9.13 Å². The molecule has 3 aromatic rings. The fourth-order valence-corrected chi connectivity index (χ4v) is 2.29. The van der Waals surface area contributed by atoms with E-state index in [4.69, 9.17) is 4.42 Å². The average Bonchev–Trinajstić information content (AvgIpc) is 2.98. The number of hydrogen-bond acceptors (Lipinski definition) is 3. The fraction of sp³-hybridized carbons (Fsp3) is 0.125. The van der Waals surface area contributed by atoms with Crippen molar-refractivity contribution >= 4 is 22.6 Å². The topological polar surface area (TPSA) is 38.9 Å². The average molecular weight is 376 g/mol. The Labute approximate surface area is 131 Å². The van der Waals surface area contributed by atoms with E-state index in [1.807, 2.05) is 36.4 Å². The van der Waals surface area contributed by atoms with Gasteiger partial charge in [0.15, 0.2) is 0 Å². The van der Waals surface area contributed by atoms with E-state index in [-0.39, 0.29) is 0 Å². The van der Waals surface area contributed by atoms with Gasteiger partial charge in [-0.15, -0.1) is 10.2 Å². The highest BCUT2D eigenvalue weighted by Crippen LogP contribution is 2.24. The zero-order valence-electron chi connectivity index (χ0n) is 11.0. The molecule has 0 aliphatic heterocycles. The molecule has 0 amide bonds. The van der Waals surface area contributed by atoms with Gasteiger partial charge in [-0.1, -0.05) is 19.1 Å². The quantitative estimate of drug-likeness (QED) is 0.629. The molecule has 3 nitrogen and oxygen atoms in total. The summed E-state index contributed by atoms with van der Waals surface area (Å²) in [4.78, 5) is 0. The van der Waals surface area contributed by atoms with Gasteiger partial charge in [-0.05, 0) is 71.0 Å². The third kappa shape index (κ3) is 2.75. The van der Waals surface area contributed by atoms with Crippen LogP contribution in [0.4, 0.5) is 0 Å². The van der Waals surface area contributed by atoms with E-state index in [0.717, 1.165) is 17.5 Å². The Kier molecular flexibility index (Phi) is 3.82. The summed E-state index contributed by atoms with van der Waals surface area (Å²) < 4.78 is 6.93. The number of hydrogen-bond donors (Lipinski definition) is 0. The summed E-state index contributed by atoms with van der Waals surface area (Å²) in [6, 6.07) is 16.2. The third-order valence-electron chi connectivity index (χ3n) is 3.13. The van der Waals surface area contributed by atoms with E-state index in [9.17, 15) is 0 Å². The van der Waals surface area contributed by atoms with Gasteiger partial charge in [0.05, 0.1) is 0 Å². The van der Waals surface area contributed by atoms with Gasteiger partial charge in [-0.2, -0.15) is 0 Å². The number of nitrogens with zero attached hydrogens (tertiary/aromatic N) is 2. The molecule has 20 heavy (non-hydrogen) atoms. The van der Waals surface area contributed by atoms with Crippen molar-refractivity contribution in [1.29, 1.82) is 0 Å². The number of benzene rings is 2. The van der Waals surface area contributed by atoms with Crippen molar-refractivity contribution in [3.63, 3.8) is 0 Å². The first-order valence-electron chi connectivity index (χ1n) is 6.45. The van der Waals surface area contributed by atoms with Crippen molar-refractivity contribution in [2.24, 2.45) is 0 Å². The first-order valence-corrected chi connectivity index (χ1v) is 7.53. The van der Waals surface area contributed by atoms with Crippen molar-refractivity contribution in [2.45, 2.75) is 13.3 Å². The Morgan fingerprint density at radius 1 is 0.850 bits per heavy atom. The van der Waals surface area contributed by atoms with Gasteiger partial charge in [0.2, 0.25) is 11.8 Å². The lowest BCUT2D eigenvalue weighted by molar-refractivity contribution is 0.584. The van der Waals surface area contributed by atoms with Gasteiger partial charge in [0.1, 0.15) is 0 Å². The highest BCUT2D eigenvalue weighted by molar-refractivity contribution is 14.1. The summed E-state index contributed by atoms with van der Waals surface area (Å²) in [5.74, 6) is 1.11. The van der Waals surface area contributed by atoms with Gasteiger partial charge in [0, 0.05) is 14.7 Å². The highest BCUT2D eigenvalue weighted by atomic mass is 127. The minimum Gasteiger partial charge on any atom is -0.416 e. The van der Waals surface area contributed by atoms with Crippen LogP contribution in [0, 0.1) is 3.57 Å². The lowest BCUT2D eigenvalue weighted by Gasteiger charge is -1.98. The molecule has 0 N–H and O–H groups in total. The maximum atomic E-state index is 5.74. The molecule has 2 aromatic carbocycles. The van der Waals surface area contributed by atoms with E-state index in [2.05, 4.69) is 51.8 Å². The van der Waals surface area contributed by atoms with Crippen molar-refractivity contribution in [3.8, 4) is 22.9 Å². The molecule has 4 heteroatoms. The van der Waals surface area contributed by atoms with Crippen LogP contribution in [0.3, 0.4) is 0 Å². The van der Waals surface area contributed by atoms with Crippen LogP contribution >= 0.6 is 22.6 Å². The number of rotatable bonds is 3. The first-order chi connectivity index (χ1) is 9.76. The fourth-order valence-electron chi connectivity index (χ4n) is 1.93. The molecular weight excluding hydrogens is 363 g/mol. The van der Waals surface area contributed by atoms with Crippen LogP contribution in [0.25, 0.3) is 22.9 Å². The Bertz CT molecular complexity index is 702. The molecule has 0 fully saturated rings. The summed E-state index contributed by atoms with van der Waals surface area (Å²) in [5.41, 5.74) is 3.19. The first kappa shape index (κ1) is 13.3. The summed E-state index contributed by atoms with van der Waals surface area (Å²) in [6.45, 7) is 2.14. The second-order valence-corrected chi connectivity index (χ2v) is 5.72. The van der Waals surface area contributed by atoms with E-state index in [0.29, 0.717) is 11.8 Å². The Balaban J connectivity index is 1.91. The largest absolute Gasteiger partial charge is 0.416 e. The molecule has 100 valence electrons.